The van der Waals surface area contributed by atoms with Gasteiger partial charge in [-0.05, 0) is 24.7 Å². The lowest BCUT2D eigenvalue weighted by Gasteiger charge is -2.26. The van der Waals surface area contributed by atoms with Crippen LogP contribution < -0.4 is 11.1 Å². The Balaban J connectivity index is 2.14. The number of amides is 1. The van der Waals surface area contributed by atoms with Crippen molar-refractivity contribution in [3.8, 4) is 0 Å². The molecule has 1 saturated carbocycles. The molecule has 0 aromatic carbocycles. The highest BCUT2D eigenvalue weighted by Crippen LogP contribution is 2.27. The van der Waals surface area contributed by atoms with Crippen molar-refractivity contribution >= 4 is 23.1 Å². The van der Waals surface area contributed by atoms with Crippen LogP contribution in [0.3, 0.4) is 0 Å². The van der Waals surface area contributed by atoms with Gasteiger partial charge in [0.2, 0.25) is 5.91 Å². The van der Waals surface area contributed by atoms with Gasteiger partial charge in [0.25, 0.3) is 0 Å². The minimum atomic E-state index is -0.0406. The Labute approximate surface area is 96.8 Å². The Morgan fingerprint density at radius 3 is 2.53 bits per heavy atom. The maximum Gasteiger partial charge on any atom is 0.226 e. The van der Waals surface area contributed by atoms with Gasteiger partial charge in [-0.1, -0.05) is 32.0 Å². The van der Waals surface area contributed by atoms with Gasteiger partial charge in [-0.3, -0.25) is 4.79 Å². The summed E-state index contributed by atoms with van der Waals surface area (Å²) in [5.74, 6) is 1.46. The van der Waals surface area contributed by atoms with E-state index in [2.05, 4.69) is 24.5 Å². The number of hydrogen-bond acceptors (Lipinski definition) is 2. The van der Waals surface area contributed by atoms with Gasteiger partial charge >= 0.3 is 0 Å². The van der Waals surface area contributed by atoms with Crippen molar-refractivity contribution in [1.29, 1.82) is 0 Å². The second kappa shape index (κ2) is 6.05. The van der Waals surface area contributed by atoms with Crippen molar-refractivity contribution in [2.24, 2.45) is 17.6 Å². The Morgan fingerprint density at radius 2 is 2.00 bits per heavy atom. The molecule has 0 atom stereocenters. The number of rotatable bonds is 4. The van der Waals surface area contributed by atoms with E-state index in [9.17, 15) is 4.79 Å². The molecule has 1 aliphatic carbocycles. The quantitative estimate of drug-likeness (QED) is 0.719. The Kier molecular flexibility index (Phi) is 5.02. The van der Waals surface area contributed by atoms with Crippen molar-refractivity contribution in [1.82, 2.24) is 5.32 Å². The molecule has 3 N–H and O–H groups in total. The van der Waals surface area contributed by atoms with Gasteiger partial charge in [-0.15, -0.1) is 0 Å². The molecule has 4 heteroatoms. The second-order valence-corrected chi connectivity index (χ2v) is 5.10. The van der Waals surface area contributed by atoms with Gasteiger partial charge in [0, 0.05) is 6.54 Å². The van der Waals surface area contributed by atoms with Crippen molar-refractivity contribution in [2.75, 3.05) is 6.54 Å². The molecule has 0 aliphatic heterocycles. The third kappa shape index (κ3) is 5.11. The monoisotopic (exact) mass is 228 g/mol. The first-order chi connectivity index (χ1) is 7.08. The Morgan fingerprint density at radius 1 is 1.40 bits per heavy atom. The smallest absolute Gasteiger partial charge is 0.226 e. The van der Waals surface area contributed by atoms with E-state index in [0.29, 0.717) is 5.92 Å². The molecule has 1 amide bonds. The molecule has 0 aromatic heterocycles. The third-order valence-electron chi connectivity index (χ3n) is 3.06. The highest BCUT2D eigenvalue weighted by molar-refractivity contribution is 7.80. The number of hydrogen-bond donors (Lipinski definition) is 2. The maximum absolute atomic E-state index is 11.3. The third-order valence-corrected chi connectivity index (χ3v) is 3.20. The molecule has 0 saturated heterocycles. The normalized spacial score (nSPS) is 25.9. The average molecular weight is 228 g/mol. The molecule has 15 heavy (non-hydrogen) atoms. The largest absolute Gasteiger partial charge is 0.393 e. The minimum Gasteiger partial charge on any atom is -0.393 e. The fourth-order valence-electron chi connectivity index (χ4n) is 2.01. The highest BCUT2D eigenvalue weighted by Gasteiger charge is 2.18. The average Bonchev–Trinajstić information content (AvgIpc) is 2.16. The number of nitrogens with one attached hydrogen (secondary N) is 1. The predicted octanol–water partition coefficient (Wildman–Crippen LogP) is 1.61. The number of thiocarbonyl (C=S) groups is 1. The zero-order valence-corrected chi connectivity index (χ0v) is 10.1. The summed E-state index contributed by atoms with van der Waals surface area (Å²) in [7, 11) is 0. The molecule has 0 bridgehead atoms. The van der Waals surface area contributed by atoms with Crippen molar-refractivity contribution < 1.29 is 4.79 Å². The standard InChI is InChI=1S/C11H20N2OS/c1-8-2-4-9(5-3-8)7-13-11(14)6-10(12)15/h8-9H,2-7H2,1H3,(H2,12,15)(H,13,14). The zero-order valence-electron chi connectivity index (χ0n) is 9.29. The summed E-state index contributed by atoms with van der Waals surface area (Å²) in [5.41, 5.74) is 5.29. The van der Waals surface area contributed by atoms with Gasteiger partial charge in [0.05, 0.1) is 11.4 Å². The molecule has 1 rings (SSSR count). The van der Waals surface area contributed by atoms with Gasteiger partial charge in [-0.25, -0.2) is 0 Å². The van der Waals surface area contributed by atoms with Gasteiger partial charge in [0.15, 0.2) is 0 Å². The predicted molar refractivity (Wildman–Crippen MR) is 65.5 cm³/mol. The van der Waals surface area contributed by atoms with Crippen LogP contribution in [0.4, 0.5) is 0 Å². The lowest BCUT2D eigenvalue weighted by Crippen LogP contribution is -2.33. The molecule has 0 aromatic rings. The molecule has 0 unspecified atom stereocenters. The van der Waals surface area contributed by atoms with Gasteiger partial charge in [0.1, 0.15) is 0 Å². The van der Waals surface area contributed by atoms with Crippen LogP contribution in [-0.4, -0.2) is 17.4 Å². The van der Waals surface area contributed by atoms with Crippen molar-refractivity contribution in [3.63, 3.8) is 0 Å². The second-order valence-electron chi connectivity index (χ2n) is 4.57. The molecule has 1 aliphatic rings. The van der Waals surface area contributed by atoms with Crippen molar-refractivity contribution in [3.05, 3.63) is 0 Å². The summed E-state index contributed by atoms with van der Waals surface area (Å²) in [4.78, 5) is 11.6. The number of carbonyl (C=O) groups excluding carboxylic acids is 1. The summed E-state index contributed by atoms with van der Waals surface area (Å²) < 4.78 is 0. The molecule has 0 heterocycles. The summed E-state index contributed by atoms with van der Waals surface area (Å²) >= 11 is 4.67. The van der Waals surface area contributed by atoms with Crippen LogP contribution in [0.2, 0.25) is 0 Å². The van der Waals surface area contributed by atoms with Crippen LogP contribution in [0.5, 0.6) is 0 Å². The fraction of sp³-hybridized carbons (Fsp3) is 0.818. The zero-order chi connectivity index (χ0) is 11.3. The highest BCUT2D eigenvalue weighted by atomic mass is 32.1. The van der Waals surface area contributed by atoms with E-state index in [-0.39, 0.29) is 17.3 Å². The molecule has 1 fully saturated rings. The molecule has 0 radical (unpaired) electrons. The van der Waals surface area contributed by atoms with E-state index in [1.807, 2.05) is 0 Å². The van der Waals surface area contributed by atoms with E-state index in [4.69, 9.17) is 5.73 Å². The van der Waals surface area contributed by atoms with E-state index >= 15 is 0 Å². The van der Waals surface area contributed by atoms with Crippen LogP contribution in [0.1, 0.15) is 39.0 Å². The summed E-state index contributed by atoms with van der Waals surface area (Å²) in [6.07, 6.45) is 5.22. The van der Waals surface area contributed by atoms with Crippen LogP contribution in [-0.2, 0) is 4.79 Å². The lowest BCUT2D eigenvalue weighted by atomic mass is 9.83. The first kappa shape index (κ1) is 12.4. The van der Waals surface area contributed by atoms with E-state index < -0.39 is 0 Å². The van der Waals surface area contributed by atoms with Gasteiger partial charge < -0.3 is 11.1 Å². The molecular weight excluding hydrogens is 208 g/mol. The SMILES string of the molecule is CC1CCC(CNC(=O)CC(N)=S)CC1. The molecule has 0 spiro atoms. The van der Waals surface area contributed by atoms with Crippen molar-refractivity contribution in [2.45, 2.75) is 39.0 Å². The van der Waals surface area contributed by atoms with Crippen LogP contribution in [0.25, 0.3) is 0 Å². The number of carbonyl (C=O) groups is 1. The maximum atomic E-state index is 11.3. The van der Waals surface area contributed by atoms with E-state index in [0.717, 1.165) is 12.5 Å². The van der Waals surface area contributed by atoms with E-state index in [1.165, 1.54) is 25.7 Å². The van der Waals surface area contributed by atoms with Gasteiger partial charge in [-0.2, -0.15) is 0 Å². The first-order valence-electron chi connectivity index (χ1n) is 5.63. The lowest BCUT2D eigenvalue weighted by molar-refractivity contribution is -0.120. The first-order valence-corrected chi connectivity index (χ1v) is 6.03. The van der Waals surface area contributed by atoms with Crippen LogP contribution in [0, 0.1) is 11.8 Å². The Hall–Kier alpha value is -0.640. The minimum absolute atomic E-state index is 0.0406. The molecular formula is C11H20N2OS. The van der Waals surface area contributed by atoms with E-state index in [1.54, 1.807) is 0 Å². The molecule has 86 valence electrons. The summed E-state index contributed by atoms with van der Waals surface area (Å²) in [6, 6.07) is 0. The van der Waals surface area contributed by atoms with Crippen LogP contribution >= 0.6 is 12.2 Å². The molecule has 3 nitrogen and oxygen atoms in total. The fourth-order valence-corrected chi connectivity index (χ4v) is 2.14. The van der Waals surface area contributed by atoms with Crippen LogP contribution in [0.15, 0.2) is 0 Å². The topological polar surface area (TPSA) is 55.1 Å². The summed E-state index contributed by atoms with van der Waals surface area (Å²) in [5, 5.41) is 2.89. The Bertz CT molecular complexity index is 235. The number of nitrogens with two attached hydrogens (primary N) is 1. The summed E-state index contributed by atoms with van der Waals surface area (Å²) in [6.45, 7) is 3.08.